The predicted molar refractivity (Wildman–Crippen MR) is 51.3 cm³/mol. The summed E-state index contributed by atoms with van der Waals surface area (Å²) >= 11 is 0. The Hall–Kier alpha value is -0.380. The molecule has 0 radical (unpaired) electrons. The summed E-state index contributed by atoms with van der Waals surface area (Å²) in [4.78, 5) is 11.4. The van der Waals surface area contributed by atoms with E-state index in [2.05, 4.69) is 0 Å². The Bertz CT molecular complexity index is 297. The highest BCUT2D eigenvalue weighted by atomic mass is 32.2. The van der Waals surface area contributed by atoms with Crippen LogP contribution in [0.25, 0.3) is 0 Å². The lowest BCUT2D eigenvalue weighted by Gasteiger charge is -2.32. The molecule has 0 aromatic heterocycles. The van der Waals surface area contributed by atoms with Crippen LogP contribution in [0.3, 0.4) is 0 Å². The zero-order valence-electron chi connectivity index (χ0n) is 8.17. The summed E-state index contributed by atoms with van der Waals surface area (Å²) in [6.07, 6.45) is 4.96. The number of ketones is 1. The Kier molecular flexibility index (Phi) is 2.80. The Labute approximate surface area is 79.4 Å². The SMILES string of the molecule is CC(=O)C1(S(C)(=O)=O)CCCCC1. The maximum absolute atomic E-state index is 11.5. The smallest absolute Gasteiger partial charge is 0.160 e. The highest BCUT2D eigenvalue weighted by molar-refractivity contribution is 7.92. The lowest BCUT2D eigenvalue weighted by molar-refractivity contribution is -0.120. The maximum Gasteiger partial charge on any atom is 0.160 e. The van der Waals surface area contributed by atoms with Crippen LogP contribution in [0.1, 0.15) is 39.0 Å². The molecule has 0 atom stereocenters. The molecule has 0 saturated heterocycles. The molecule has 1 saturated carbocycles. The molecule has 0 aromatic carbocycles. The summed E-state index contributed by atoms with van der Waals surface area (Å²) < 4.78 is 22.0. The first kappa shape index (κ1) is 10.7. The number of sulfone groups is 1. The molecule has 3 nitrogen and oxygen atoms in total. The summed E-state index contributed by atoms with van der Waals surface area (Å²) in [5.74, 6) is -0.185. The third-order valence-corrected chi connectivity index (χ3v) is 5.13. The monoisotopic (exact) mass is 204 g/mol. The van der Waals surface area contributed by atoms with Gasteiger partial charge in [0.2, 0.25) is 0 Å². The molecule has 1 aliphatic rings. The van der Waals surface area contributed by atoms with E-state index in [1.165, 1.54) is 13.2 Å². The van der Waals surface area contributed by atoms with Gasteiger partial charge in [0.25, 0.3) is 0 Å². The van der Waals surface area contributed by atoms with Crippen molar-refractivity contribution in [1.29, 1.82) is 0 Å². The molecule has 0 aromatic rings. The van der Waals surface area contributed by atoms with Gasteiger partial charge in [-0.15, -0.1) is 0 Å². The number of carbonyl (C=O) groups is 1. The molecule has 0 heterocycles. The van der Waals surface area contributed by atoms with E-state index in [9.17, 15) is 13.2 Å². The summed E-state index contributed by atoms with van der Waals surface area (Å²) in [6.45, 7) is 1.40. The Morgan fingerprint density at radius 1 is 1.15 bits per heavy atom. The molecule has 0 spiro atoms. The van der Waals surface area contributed by atoms with Crippen molar-refractivity contribution < 1.29 is 13.2 Å². The lowest BCUT2D eigenvalue weighted by Crippen LogP contribution is -2.46. The van der Waals surface area contributed by atoms with Gasteiger partial charge in [0.05, 0.1) is 0 Å². The maximum atomic E-state index is 11.5. The highest BCUT2D eigenvalue weighted by Crippen LogP contribution is 2.35. The molecule has 0 N–H and O–H groups in total. The molecule has 0 aliphatic heterocycles. The molecule has 13 heavy (non-hydrogen) atoms. The van der Waals surface area contributed by atoms with E-state index < -0.39 is 14.6 Å². The van der Waals surface area contributed by atoms with Crippen molar-refractivity contribution >= 4 is 15.6 Å². The predicted octanol–water partition coefficient (Wildman–Crippen LogP) is 1.32. The van der Waals surface area contributed by atoms with Crippen molar-refractivity contribution in [2.45, 2.75) is 43.8 Å². The number of hydrogen-bond donors (Lipinski definition) is 0. The van der Waals surface area contributed by atoms with E-state index in [0.717, 1.165) is 19.3 Å². The van der Waals surface area contributed by atoms with Crippen molar-refractivity contribution in [3.63, 3.8) is 0 Å². The van der Waals surface area contributed by atoms with Crippen LogP contribution in [0.15, 0.2) is 0 Å². The zero-order valence-corrected chi connectivity index (χ0v) is 8.99. The van der Waals surface area contributed by atoms with E-state index in [1.54, 1.807) is 0 Å². The number of carbonyl (C=O) groups excluding carboxylic acids is 1. The van der Waals surface area contributed by atoms with Gasteiger partial charge in [0.15, 0.2) is 15.6 Å². The van der Waals surface area contributed by atoms with Gasteiger partial charge in [0, 0.05) is 6.26 Å². The van der Waals surface area contributed by atoms with Gasteiger partial charge in [-0.2, -0.15) is 0 Å². The molecular weight excluding hydrogens is 188 g/mol. The van der Waals surface area contributed by atoms with E-state index in [0.29, 0.717) is 12.8 Å². The first-order valence-electron chi connectivity index (χ1n) is 4.61. The van der Waals surface area contributed by atoms with Gasteiger partial charge >= 0.3 is 0 Å². The van der Waals surface area contributed by atoms with Crippen LogP contribution in [0.4, 0.5) is 0 Å². The van der Waals surface area contributed by atoms with Crippen LogP contribution in [0, 0.1) is 0 Å². The van der Waals surface area contributed by atoms with Crippen molar-refractivity contribution in [3.05, 3.63) is 0 Å². The number of hydrogen-bond acceptors (Lipinski definition) is 3. The van der Waals surface area contributed by atoms with Crippen molar-refractivity contribution in [1.82, 2.24) is 0 Å². The van der Waals surface area contributed by atoms with Crippen molar-refractivity contribution in [3.8, 4) is 0 Å². The van der Waals surface area contributed by atoms with Gasteiger partial charge in [-0.25, -0.2) is 8.42 Å². The molecule has 4 heteroatoms. The fourth-order valence-electron chi connectivity index (χ4n) is 2.11. The molecule has 76 valence electrons. The first-order valence-corrected chi connectivity index (χ1v) is 6.50. The lowest BCUT2D eigenvalue weighted by atomic mass is 9.86. The first-order chi connectivity index (χ1) is 5.90. The van der Waals surface area contributed by atoms with Gasteiger partial charge in [0.1, 0.15) is 4.75 Å². The number of Topliss-reactive ketones (excluding diaryl/α,β-unsaturated/α-hetero) is 1. The normalized spacial score (nSPS) is 22.6. The summed E-state index contributed by atoms with van der Waals surface area (Å²) in [5, 5.41) is 0. The zero-order chi connectivity index (χ0) is 10.1. The van der Waals surface area contributed by atoms with Crippen LogP contribution < -0.4 is 0 Å². The van der Waals surface area contributed by atoms with Gasteiger partial charge in [-0.1, -0.05) is 19.3 Å². The largest absolute Gasteiger partial charge is 0.298 e. The third kappa shape index (κ3) is 1.77. The second-order valence-electron chi connectivity index (χ2n) is 3.88. The van der Waals surface area contributed by atoms with Crippen LogP contribution in [-0.2, 0) is 14.6 Å². The minimum Gasteiger partial charge on any atom is -0.298 e. The third-order valence-electron chi connectivity index (χ3n) is 3.01. The quantitative estimate of drug-likeness (QED) is 0.681. The minimum atomic E-state index is -3.24. The second-order valence-corrected chi connectivity index (χ2v) is 6.21. The Balaban J connectivity index is 3.07. The van der Waals surface area contributed by atoms with E-state index >= 15 is 0 Å². The van der Waals surface area contributed by atoms with Crippen LogP contribution >= 0.6 is 0 Å². The Morgan fingerprint density at radius 3 is 1.85 bits per heavy atom. The summed E-state index contributed by atoms with van der Waals surface area (Å²) in [7, 11) is -3.24. The highest BCUT2D eigenvalue weighted by Gasteiger charge is 2.45. The van der Waals surface area contributed by atoms with Crippen molar-refractivity contribution in [2.75, 3.05) is 6.26 Å². The van der Waals surface area contributed by atoms with E-state index in [4.69, 9.17) is 0 Å². The molecule has 0 amide bonds. The average Bonchev–Trinajstić information content (AvgIpc) is 2.03. The molecule has 1 aliphatic carbocycles. The molecule has 0 unspecified atom stereocenters. The van der Waals surface area contributed by atoms with E-state index in [-0.39, 0.29) is 5.78 Å². The van der Waals surface area contributed by atoms with Gasteiger partial charge in [-0.05, 0) is 19.8 Å². The van der Waals surface area contributed by atoms with Crippen LogP contribution in [0.2, 0.25) is 0 Å². The van der Waals surface area contributed by atoms with Gasteiger partial charge < -0.3 is 0 Å². The topological polar surface area (TPSA) is 51.2 Å². The molecule has 1 fully saturated rings. The Morgan fingerprint density at radius 2 is 1.62 bits per heavy atom. The minimum absolute atomic E-state index is 0.185. The standard InChI is InChI=1S/C9H16O3S/c1-8(10)9(13(2,11)12)6-4-3-5-7-9/h3-7H2,1-2H3. The number of rotatable bonds is 2. The fourth-order valence-corrected chi connectivity index (χ4v) is 3.66. The average molecular weight is 204 g/mol. The van der Waals surface area contributed by atoms with Crippen LogP contribution in [0.5, 0.6) is 0 Å². The fraction of sp³-hybridized carbons (Fsp3) is 0.889. The van der Waals surface area contributed by atoms with Crippen LogP contribution in [-0.4, -0.2) is 25.2 Å². The molecular formula is C9H16O3S. The van der Waals surface area contributed by atoms with Crippen molar-refractivity contribution in [2.24, 2.45) is 0 Å². The summed E-state index contributed by atoms with van der Waals surface area (Å²) in [6, 6.07) is 0. The molecule has 0 bridgehead atoms. The van der Waals surface area contributed by atoms with E-state index in [1.807, 2.05) is 0 Å². The molecule has 1 rings (SSSR count). The summed E-state index contributed by atoms with van der Waals surface area (Å²) in [5.41, 5.74) is 0. The second kappa shape index (κ2) is 3.40. The van der Waals surface area contributed by atoms with Gasteiger partial charge in [-0.3, -0.25) is 4.79 Å².